The summed E-state index contributed by atoms with van der Waals surface area (Å²) in [5.41, 5.74) is 3.27. The van der Waals surface area contributed by atoms with Crippen LogP contribution in [0.25, 0.3) is 5.69 Å². The fourth-order valence-electron chi connectivity index (χ4n) is 2.78. The molecule has 4 rings (SSSR count). The number of aromatic nitrogens is 2. The average molecular weight is 320 g/mol. The highest BCUT2D eigenvalue weighted by molar-refractivity contribution is 6.07. The first-order valence-electron chi connectivity index (χ1n) is 7.62. The zero-order valence-corrected chi connectivity index (χ0v) is 13.1. The molecule has 2 heterocycles. The number of ether oxygens (including phenoxy) is 1. The van der Waals surface area contributed by atoms with Gasteiger partial charge in [0.1, 0.15) is 17.1 Å². The van der Waals surface area contributed by atoms with E-state index in [-0.39, 0.29) is 5.91 Å². The highest BCUT2D eigenvalue weighted by atomic mass is 16.5. The standard InChI is InChI=1S/C18H16N4O2/c1-24-14-8-7-12-10-19-17-15(11-20-22(17)16(12)9-14)18(23)21-13-5-3-2-4-6-13/h2-9,11,19H,10H2,1H3,(H,21,23). The molecule has 0 unspecified atom stereocenters. The maximum absolute atomic E-state index is 12.6. The third-order valence-electron chi connectivity index (χ3n) is 4.01. The molecule has 0 fully saturated rings. The summed E-state index contributed by atoms with van der Waals surface area (Å²) < 4.78 is 7.03. The molecule has 1 aromatic heterocycles. The molecule has 0 spiro atoms. The summed E-state index contributed by atoms with van der Waals surface area (Å²) in [6.45, 7) is 0.636. The first kappa shape index (κ1) is 14.3. The van der Waals surface area contributed by atoms with Crippen molar-refractivity contribution in [2.45, 2.75) is 6.54 Å². The Morgan fingerprint density at radius 1 is 1.25 bits per heavy atom. The molecule has 0 radical (unpaired) electrons. The van der Waals surface area contributed by atoms with Gasteiger partial charge in [-0.15, -0.1) is 0 Å². The first-order chi connectivity index (χ1) is 11.8. The Labute approximate surface area is 139 Å². The van der Waals surface area contributed by atoms with Crippen LogP contribution in [0.2, 0.25) is 0 Å². The second-order valence-electron chi connectivity index (χ2n) is 5.49. The number of methoxy groups -OCH3 is 1. The van der Waals surface area contributed by atoms with Gasteiger partial charge in [-0.05, 0) is 23.8 Å². The third-order valence-corrected chi connectivity index (χ3v) is 4.01. The van der Waals surface area contributed by atoms with Crippen LogP contribution in [0.4, 0.5) is 11.5 Å². The summed E-state index contributed by atoms with van der Waals surface area (Å²) in [6, 6.07) is 15.2. The van der Waals surface area contributed by atoms with E-state index >= 15 is 0 Å². The van der Waals surface area contributed by atoms with Crippen molar-refractivity contribution < 1.29 is 9.53 Å². The summed E-state index contributed by atoms with van der Waals surface area (Å²) in [4.78, 5) is 12.6. The monoisotopic (exact) mass is 320 g/mol. The van der Waals surface area contributed by atoms with Gasteiger partial charge in [0.15, 0.2) is 0 Å². The maximum Gasteiger partial charge on any atom is 0.261 e. The highest BCUT2D eigenvalue weighted by Gasteiger charge is 2.23. The topological polar surface area (TPSA) is 68.2 Å². The number of nitrogens with zero attached hydrogens (tertiary/aromatic N) is 2. The molecule has 2 aromatic carbocycles. The van der Waals surface area contributed by atoms with Crippen LogP contribution < -0.4 is 15.4 Å². The maximum atomic E-state index is 12.6. The lowest BCUT2D eigenvalue weighted by molar-refractivity contribution is 0.102. The van der Waals surface area contributed by atoms with Gasteiger partial charge in [-0.3, -0.25) is 4.79 Å². The molecule has 0 atom stereocenters. The number of hydrogen-bond acceptors (Lipinski definition) is 4. The SMILES string of the molecule is COc1ccc2c(c1)-n1ncc(C(=O)Nc3ccccc3)c1NC2. The predicted octanol–water partition coefficient (Wildman–Crippen LogP) is 3.06. The summed E-state index contributed by atoms with van der Waals surface area (Å²) in [6.07, 6.45) is 1.58. The van der Waals surface area contributed by atoms with Crippen LogP contribution in [-0.2, 0) is 6.54 Å². The number of nitrogens with one attached hydrogen (secondary N) is 2. The van der Waals surface area contributed by atoms with Gasteiger partial charge in [0.05, 0.1) is 19.0 Å². The Morgan fingerprint density at radius 3 is 2.88 bits per heavy atom. The summed E-state index contributed by atoms with van der Waals surface area (Å²) in [5, 5.41) is 10.5. The number of anilines is 2. The van der Waals surface area contributed by atoms with E-state index in [2.05, 4.69) is 15.7 Å². The second-order valence-corrected chi connectivity index (χ2v) is 5.49. The van der Waals surface area contributed by atoms with E-state index in [1.807, 2.05) is 48.5 Å². The van der Waals surface area contributed by atoms with Crippen LogP contribution in [0.5, 0.6) is 5.75 Å². The molecule has 2 N–H and O–H groups in total. The lowest BCUT2D eigenvalue weighted by atomic mass is 10.1. The van der Waals surface area contributed by atoms with E-state index in [4.69, 9.17) is 4.74 Å². The largest absolute Gasteiger partial charge is 0.497 e. The molecule has 6 heteroatoms. The Balaban J connectivity index is 1.69. The Morgan fingerprint density at radius 2 is 2.08 bits per heavy atom. The van der Waals surface area contributed by atoms with E-state index in [1.165, 1.54) is 0 Å². The van der Waals surface area contributed by atoms with Gasteiger partial charge in [0, 0.05) is 18.3 Å². The Hall–Kier alpha value is -3.28. The van der Waals surface area contributed by atoms with Crippen molar-refractivity contribution >= 4 is 17.4 Å². The number of carbonyl (C=O) groups excluding carboxylic acids is 1. The van der Waals surface area contributed by atoms with E-state index in [0.717, 1.165) is 22.7 Å². The minimum absolute atomic E-state index is 0.193. The fourth-order valence-corrected chi connectivity index (χ4v) is 2.78. The van der Waals surface area contributed by atoms with Crippen LogP contribution in [0, 0.1) is 0 Å². The molecule has 1 amide bonds. The average Bonchev–Trinajstić information content (AvgIpc) is 3.06. The van der Waals surface area contributed by atoms with Gasteiger partial charge < -0.3 is 15.4 Å². The summed E-state index contributed by atoms with van der Waals surface area (Å²) >= 11 is 0. The number of amides is 1. The molecular weight excluding hydrogens is 304 g/mol. The Bertz CT molecular complexity index is 903. The van der Waals surface area contributed by atoms with Gasteiger partial charge in [-0.25, -0.2) is 4.68 Å². The van der Waals surface area contributed by atoms with Crippen molar-refractivity contribution in [2.75, 3.05) is 17.7 Å². The van der Waals surface area contributed by atoms with E-state index in [0.29, 0.717) is 17.9 Å². The van der Waals surface area contributed by atoms with E-state index in [9.17, 15) is 4.79 Å². The van der Waals surface area contributed by atoms with Crippen molar-refractivity contribution in [3.8, 4) is 11.4 Å². The van der Waals surface area contributed by atoms with Crippen LogP contribution in [-0.4, -0.2) is 22.8 Å². The quantitative estimate of drug-likeness (QED) is 0.778. The number of benzene rings is 2. The number of hydrogen-bond donors (Lipinski definition) is 2. The molecule has 1 aliphatic heterocycles. The van der Waals surface area contributed by atoms with Gasteiger partial charge in [0.2, 0.25) is 0 Å². The third kappa shape index (κ3) is 2.38. The molecule has 0 bridgehead atoms. The van der Waals surface area contributed by atoms with Gasteiger partial charge in [0.25, 0.3) is 5.91 Å². The predicted molar refractivity (Wildman–Crippen MR) is 91.8 cm³/mol. The first-order valence-corrected chi connectivity index (χ1v) is 7.62. The van der Waals surface area contributed by atoms with E-state index < -0.39 is 0 Å². The number of carbonyl (C=O) groups is 1. The number of fused-ring (bicyclic) bond motifs is 3. The van der Waals surface area contributed by atoms with Crippen LogP contribution in [0.15, 0.2) is 54.7 Å². The summed E-state index contributed by atoms with van der Waals surface area (Å²) in [7, 11) is 1.63. The highest BCUT2D eigenvalue weighted by Crippen LogP contribution is 2.31. The molecule has 24 heavy (non-hydrogen) atoms. The van der Waals surface area contributed by atoms with Crippen molar-refractivity contribution in [1.29, 1.82) is 0 Å². The Kier molecular flexibility index (Phi) is 3.42. The zero-order valence-electron chi connectivity index (χ0n) is 13.1. The minimum Gasteiger partial charge on any atom is -0.497 e. The fraction of sp³-hybridized carbons (Fsp3) is 0.111. The molecule has 0 saturated carbocycles. The summed E-state index contributed by atoms with van der Waals surface area (Å²) in [5.74, 6) is 1.25. The minimum atomic E-state index is -0.193. The molecule has 0 saturated heterocycles. The van der Waals surface area contributed by atoms with Gasteiger partial charge in [-0.1, -0.05) is 24.3 Å². The molecule has 6 nitrogen and oxygen atoms in total. The van der Waals surface area contributed by atoms with Crippen molar-refractivity contribution in [3.05, 3.63) is 65.9 Å². The van der Waals surface area contributed by atoms with Gasteiger partial charge >= 0.3 is 0 Å². The normalized spacial score (nSPS) is 11.9. The number of para-hydroxylation sites is 1. The van der Waals surface area contributed by atoms with Gasteiger partial charge in [-0.2, -0.15) is 5.10 Å². The number of rotatable bonds is 3. The van der Waals surface area contributed by atoms with Crippen LogP contribution in [0.1, 0.15) is 15.9 Å². The molecule has 120 valence electrons. The molecule has 1 aliphatic rings. The second kappa shape index (κ2) is 5.73. The molecular formula is C18H16N4O2. The van der Waals surface area contributed by atoms with E-state index in [1.54, 1.807) is 18.0 Å². The zero-order chi connectivity index (χ0) is 16.5. The molecule has 0 aliphatic carbocycles. The lowest BCUT2D eigenvalue weighted by Gasteiger charge is -2.21. The van der Waals surface area contributed by atoms with Crippen molar-refractivity contribution in [1.82, 2.24) is 9.78 Å². The lowest BCUT2D eigenvalue weighted by Crippen LogP contribution is -2.19. The van der Waals surface area contributed by atoms with Crippen LogP contribution >= 0.6 is 0 Å². The van der Waals surface area contributed by atoms with Crippen LogP contribution in [0.3, 0.4) is 0 Å². The van der Waals surface area contributed by atoms with Crippen molar-refractivity contribution in [2.24, 2.45) is 0 Å². The smallest absolute Gasteiger partial charge is 0.261 e. The van der Waals surface area contributed by atoms with Crippen molar-refractivity contribution in [3.63, 3.8) is 0 Å². The molecule has 3 aromatic rings.